The molecule has 1 N–H and O–H groups in total. The van der Waals surface area contributed by atoms with Crippen LogP contribution in [0.5, 0.6) is 0 Å². The molecule has 0 aliphatic heterocycles. The van der Waals surface area contributed by atoms with Gasteiger partial charge in [-0.25, -0.2) is 4.39 Å². The van der Waals surface area contributed by atoms with Gasteiger partial charge in [0.15, 0.2) is 0 Å². The van der Waals surface area contributed by atoms with Crippen LogP contribution in [0.25, 0.3) is 0 Å². The number of halogens is 1. The Hall–Kier alpha value is -2.01. The minimum atomic E-state index is -0.152. The summed E-state index contributed by atoms with van der Waals surface area (Å²) in [5, 5.41) is 0. The molecule has 0 saturated carbocycles. The fraction of sp³-hybridized carbons (Fsp3) is 0.545. The lowest BCUT2D eigenvalue weighted by Crippen LogP contribution is -2.25. The number of hydrogen-bond acceptors (Lipinski definition) is 3. The Morgan fingerprint density at radius 1 is 1.26 bits per heavy atom. The van der Waals surface area contributed by atoms with Crippen LogP contribution in [0.15, 0.2) is 52.4 Å². The molecule has 1 heterocycles. The van der Waals surface area contributed by atoms with E-state index >= 15 is 0 Å². The molecule has 5 heteroatoms. The normalized spacial score (nSPS) is 15.8. The van der Waals surface area contributed by atoms with Gasteiger partial charge in [-0.15, -0.1) is 0 Å². The van der Waals surface area contributed by atoms with Crippen LogP contribution in [0.1, 0.15) is 51.6 Å². The molecule has 1 unspecified atom stereocenters. The van der Waals surface area contributed by atoms with Crippen molar-refractivity contribution < 1.29 is 4.39 Å². The summed E-state index contributed by atoms with van der Waals surface area (Å²) < 4.78 is 14.3. The lowest BCUT2D eigenvalue weighted by Gasteiger charge is -2.21. The van der Waals surface area contributed by atoms with E-state index in [4.69, 9.17) is 0 Å². The lowest BCUT2D eigenvalue weighted by molar-refractivity contribution is 0.292. The summed E-state index contributed by atoms with van der Waals surface area (Å²) in [6.45, 7) is 6.10. The minimum Gasteiger partial charge on any atom is -0.323 e. The van der Waals surface area contributed by atoms with Crippen molar-refractivity contribution in [2.45, 2.75) is 52.4 Å². The molecule has 27 heavy (non-hydrogen) atoms. The molecule has 1 aliphatic rings. The van der Waals surface area contributed by atoms with Crippen LogP contribution in [0.3, 0.4) is 0 Å². The van der Waals surface area contributed by atoms with Gasteiger partial charge in [0.05, 0.1) is 6.20 Å². The van der Waals surface area contributed by atoms with Crippen molar-refractivity contribution >= 4 is 0 Å². The SMILES string of the molecule is CCC(CCC1=C(F)CC=CC=C1C)CCN(C)CCc1cncc(=O)[nH]1. The maximum atomic E-state index is 14.3. The molecule has 1 aliphatic carbocycles. The van der Waals surface area contributed by atoms with Crippen molar-refractivity contribution in [3.8, 4) is 0 Å². The smallest absolute Gasteiger partial charge is 0.266 e. The summed E-state index contributed by atoms with van der Waals surface area (Å²) >= 11 is 0. The molecule has 0 spiro atoms. The first-order chi connectivity index (χ1) is 13.0. The van der Waals surface area contributed by atoms with E-state index in [0.717, 1.165) is 62.0 Å². The summed E-state index contributed by atoms with van der Waals surface area (Å²) in [5.41, 5.74) is 2.67. The Kier molecular flexibility index (Phi) is 8.65. The van der Waals surface area contributed by atoms with E-state index < -0.39 is 0 Å². The van der Waals surface area contributed by atoms with Gasteiger partial charge in [-0.3, -0.25) is 9.78 Å². The van der Waals surface area contributed by atoms with Gasteiger partial charge in [0.25, 0.3) is 5.56 Å². The van der Waals surface area contributed by atoms with Crippen molar-refractivity contribution in [2.75, 3.05) is 20.1 Å². The van der Waals surface area contributed by atoms with Crippen molar-refractivity contribution in [3.05, 3.63) is 63.6 Å². The van der Waals surface area contributed by atoms with E-state index in [0.29, 0.717) is 12.3 Å². The third kappa shape index (κ3) is 7.25. The van der Waals surface area contributed by atoms with Crippen LogP contribution in [-0.4, -0.2) is 35.0 Å². The third-order valence-electron chi connectivity index (χ3n) is 5.35. The molecule has 1 atom stereocenters. The van der Waals surface area contributed by atoms with Gasteiger partial charge in [-0.2, -0.15) is 0 Å². The highest BCUT2D eigenvalue weighted by molar-refractivity contribution is 5.37. The van der Waals surface area contributed by atoms with Gasteiger partial charge in [0, 0.05) is 31.3 Å². The number of rotatable bonds is 10. The molecule has 0 aromatic carbocycles. The molecule has 4 nitrogen and oxygen atoms in total. The second kappa shape index (κ2) is 11.0. The summed E-state index contributed by atoms with van der Waals surface area (Å²) in [5.74, 6) is 0.616. The monoisotopic (exact) mass is 373 g/mol. The second-order valence-electron chi connectivity index (χ2n) is 7.44. The zero-order valence-electron chi connectivity index (χ0n) is 16.8. The molecule has 0 radical (unpaired) electrons. The van der Waals surface area contributed by atoms with Crippen LogP contribution < -0.4 is 5.56 Å². The molecule has 0 amide bonds. The standard InChI is InChI=1S/C22H32FN3O/c1-4-18(9-10-20-17(2)7-5-6-8-21(20)23)11-13-26(3)14-12-19-15-24-16-22(27)25-19/h5-7,15-16,18H,4,8-14H2,1-3H3,(H,25,27). The number of nitrogens with one attached hydrogen (secondary N) is 1. The van der Waals surface area contributed by atoms with E-state index in [9.17, 15) is 9.18 Å². The van der Waals surface area contributed by atoms with Crippen LogP contribution in [0.4, 0.5) is 4.39 Å². The van der Waals surface area contributed by atoms with E-state index in [-0.39, 0.29) is 11.4 Å². The van der Waals surface area contributed by atoms with E-state index in [1.54, 1.807) is 6.20 Å². The average molecular weight is 374 g/mol. The lowest BCUT2D eigenvalue weighted by atomic mass is 9.91. The first-order valence-corrected chi connectivity index (χ1v) is 9.92. The van der Waals surface area contributed by atoms with Gasteiger partial charge in [0.1, 0.15) is 5.83 Å². The number of nitrogens with zero attached hydrogens (tertiary/aromatic N) is 2. The zero-order chi connectivity index (χ0) is 19.6. The summed E-state index contributed by atoms with van der Waals surface area (Å²) in [6.07, 6.45) is 14.1. The van der Waals surface area contributed by atoms with Crippen molar-refractivity contribution in [1.29, 1.82) is 0 Å². The Bertz CT molecular complexity index is 748. The fourth-order valence-electron chi connectivity index (χ4n) is 3.43. The quantitative estimate of drug-likeness (QED) is 0.653. The van der Waals surface area contributed by atoms with Crippen molar-refractivity contribution in [1.82, 2.24) is 14.9 Å². The zero-order valence-corrected chi connectivity index (χ0v) is 16.8. The first kappa shape index (κ1) is 21.3. The Morgan fingerprint density at radius 2 is 2.07 bits per heavy atom. The summed E-state index contributed by atoms with van der Waals surface area (Å²) in [6, 6.07) is 0. The van der Waals surface area contributed by atoms with Gasteiger partial charge < -0.3 is 9.88 Å². The van der Waals surface area contributed by atoms with Gasteiger partial charge in [0.2, 0.25) is 0 Å². The summed E-state index contributed by atoms with van der Waals surface area (Å²) in [7, 11) is 2.10. The predicted octanol–water partition coefficient (Wildman–Crippen LogP) is 4.57. The Morgan fingerprint density at radius 3 is 2.81 bits per heavy atom. The Labute approximate surface area is 161 Å². The number of allylic oxidation sites excluding steroid dienone is 6. The number of hydrogen-bond donors (Lipinski definition) is 1. The van der Waals surface area contributed by atoms with Gasteiger partial charge >= 0.3 is 0 Å². The molecule has 148 valence electrons. The highest BCUT2D eigenvalue weighted by Crippen LogP contribution is 2.29. The van der Waals surface area contributed by atoms with Gasteiger partial charge in [-0.1, -0.05) is 31.6 Å². The van der Waals surface area contributed by atoms with Crippen molar-refractivity contribution in [2.24, 2.45) is 5.92 Å². The number of aromatic nitrogens is 2. The molecule has 1 aromatic rings. The molecule has 0 fully saturated rings. The van der Waals surface area contributed by atoms with Crippen LogP contribution >= 0.6 is 0 Å². The highest BCUT2D eigenvalue weighted by Gasteiger charge is 2.14. The molecule has 0 saturated heterocycles. The topological polar surface area (TPSA) is 49.0 Å². The highest BCUT2D eigenvalue weighted by atomic mass is 19.1. The third-order valence-corrected chi connectivity index (χ3v) is 5.35. The largest absolute Gasteiger partial charge is 0.323 e. The van der Waals surface area contributed by atoms with Crippen molar-refractivity contribution in [3.63, 3.8) is 0 Å². The maximum Gasteiger partial charge on any atom is 0.266 e. The fourth-order valence-corrected chi connectivity index (χ4v) is 3.43. The first-order valence-electron chi connectivity index (χ1n) is 9.92. The van der Waals surface area contributed by atoms with E-state index in [1.807, 2.05) is 25.2 Å². The summed E-state index contributed by atoms with van der Waals surface area (Å²) in [4.78, 5) is 20.3. The number of likely N-dealkylation sites (N-methyl/N-ethyl adjacent to an activating group) is 1. The maximum absolute atomic E-state index is 14.3. The average Bonchev–Trinajstić information content (AvgIpc) is 2.81. The second-order valence-corrected chi connectivity index (χ2v) is 7.44. The van der Waals surface area contributed by atoms with E-state index in [2.05, 4.69) is 28.8 Å². The number of aromatic amines is 1. The minimum absolute atomic E-state index is 0.0231. The van der Waals surface area contributed by atoms with E-state index in [1.165, 1.54) is 6.20 Å². The molecular weight excluding hydrogens is 341 g/mol. The predicted molar refractivity (Wildman–Crippen MR) is 109 cm³/mol. The molecule has 2 rings (SSSR count). The molecular formula is C22H32FN3O. The van der Waals surface area contributed by atoms with Crippen LogP contribution in [0, 0.1) is 5.92 Å². The van der Waals surface area contributed by atoms with Gasteiger partial charge in [-0.05, 0) is 56.8 Å². The van der Waals surface area contributed by atoms with Crippen LogP contribution in [-0.2, 0) is 6.42 Å². The number of H-pyrrole nitrogens is 1. The molecule has 1 aromatic heterocycles. The molecule has 0 bridgehead atoms. The van der Waals surface area contributed by atoms with Crippen LogP contribution in [0.2, 0.25) is 0 Å². The Balaban J connectivity index is 1.76.